The van der Waals surface area contributed by atoms with Crippen molar-refractivity contribution < 1.29 is 4.57 Å². The van der Waals surface area contributed by atoms with E-state index in [1.807, 2.05) is 84.9 Å². The van der Waals surface area contributed by atoms with Crippen LogP contribution in [0, 0.1) is 0 Å². The van der Waals surface area contributed by atoms with E-state index in [1.54, 1.807) is 0 Å². The Kier molecular flexibility index (Phi) is 6.74. The summed E-state index contributed by atoms with van der Waals surface area (Å²) in [6.45, 7) is 0. The average molecular weight is 672 g/mol. The third-order valence-corrected chi connectivity index (χ3v) is 13.2. The summed E-state index contributed by atoms with van der Waals surface area (Å²) >= 11 is 0. The number of nitrogens with zero attached hydrogens (tertiary/aromatic N) is 3. The lowest BCUT2D eigenvalue weighted by molar-refractivity contribution is 0.593. The van der Waals surface area contributed by atoms with Gasteiger partial charge in [-0.05, 0) is 53.6 Å². The Bertz CT molecular complexity index is 2750. The Labute approximate surface area is 295 Å². The van der Waals surface area contributed by atoms with Crippen molar-refractivity contribution in [3.05, 3.63) is 182 Å². The Morgan fingerprint density at radius 3 is 1.75 bits per heavy atom. The Balaban J connectivity index is 1.16. The molecule has 5 heteroatoms. The van der Waals surface area contributed by atoms with Crippen LogP contribution < -0.4 is 15.9 Å². The molecule has 1 aliphatic heterocycles. The van der Waals surface area contributed by atoms with E-state index in [0.717, 1.165) is 82.6 Å². The third kappa shape index (κ3) is 4.58. The first-order valence-corrected chi connectivity index (χ1v) is 18.8. The maximum atomic E-state index is 15.7. The fourth-order valence-corrected chi connectivity index (χ4v) is 11.0. The summed E-state index contributed by atoms with van der Waals surface area (Å²) in [6, 6.07) is 62.1. The lowest BCUT2D eigenvalue weighted by Gasteiger charge is -2.17. The van der Waals surface area contributed by atoms with E-state index in [4.69, 9.17) is 9.97 Å². The number of hydrogen-bond donors (Lipinski definition) is 0. The smallest absolute Gasteiger partial charge is 0.172 e. The van der Waals surface area contributed by atoms with Gasteiger partial charge in [0.25, 0.3) is 0 Å². The monoisotopic (exact) mass is 671 g/mol. The van der Waals surface area contributed by atoms with Gasteiger partial charge < -0.3 is 9.13 Å². The first-order chi connectivity index (χ1) is 25.2. The minimum Gasteiger partial charge on any atom is -0.309 e. The van der Waals surface area contributed by atoms with E-state index in [9.17, 15) is 0 Å². The number of hydrogen-bond acceptors (Lipinski definition) is 3. The zero-order valence-corrected chi connectivity index (χ0v) is 28.4. The summed E-state index contributed by atoms with van der Waals surface area (Å²) in [6.07, 6.45) is 0. The molecule has 0 fully saturated rings. The molecule has 10 rings (SSSR count). The van der Waals surface area contributed by atoms with Gasteiger partial charge >= 0.3 is 0 Å². The Morgan fingerprint density at radius 1 is 0.471 bits per heavy atom. The molecule has 2 aromatic heterocycles. The van der Waals surface area contributed by atoms with Crippen molar-refractivity contribution in [3.63, 3.8) is 0 Å². The van der Waals surface area contributed by atoms with Crippen LogP contribution in [-0.4, -0.2) is 14.5 Å². The molecule has 1 unspecified atom stereocenters. The summed E-state index contributed by atoms with van der Waals surface area (Å²) in [5, 5.41) is 4.83. The zero-order valence-electron chi connectivity index (χ0n) is 27.5. The maximum Gasteiger partial charge on any atom is 0.172 e. The quantitative estimate of drug-likeness (QED) is 0.171. The molecular formula is C46H30N3OP. The summed E-state index contributed by atoms with van der Waals surface area (Å²) in [7, 11) is -3.17. The van der Waals surface area contributed by atoms with Crippen LogP contribution in [0.2, 0.25) is 0 Å². The van der Waals surface area contributed by atoms with Crippen molar-refractivity contribution in [2.24, 2.45) is 0 Å². The minimum atomic E-state index is -3.17. The van der Waals surface area contributed by atoms with Crippen LogP contribution in [0.3, 0.4) is 0 Å². The van der Waals surface area contributed by atoms with Crippen LogP contribution in [0.15, 0.2) is 182 Å². The summed E-state index contributed by atoms with van der Waals surface area (Å²) in [5.41, 5.74) is 9.98. The van der Waals surface area contributed by atoms with Crippen LogP contribution in [-0.2, 0) is 4.57 Å². The molecule has 51 heavy (non-hydrogen) atoms. The average Bonchev–Trinajstić information content (AvgIpc) is 3.69. The molecule has 0 saturated heterocycles. The molecule has 9 aromatic rings. The van der Waals surface area contributed by atoms with Crippen molar-refractivity contribution >= 4 is 44.9 Å². The van der Waals surface area contributed by atoms with Crippen molar-refractivity contribution in [1.82, 2.24) is 14.5 Å². The van der Waals surface area contributed by atoms with Gasteiger partial charge in [0.05, 0.1) is 22.4 Å². The number of aromatic nitrogens is 3. The van der Waals surface area contributed by atoms with Crippen molar-refractivity contribution in [2.75, 3.05) is 0 Å². The fourth-order valence-electron chi connectivity index (χ4n) is 7.72. The van der Waals surface area contributed by atoms with Gasteiger partial charge in [-0.25, -0.2) is 9.97 Å². The highest BCUT2D eigenvalue weighted by molar-refractivity contribution is 7.86. The van der Waals surface area contributed by atoms with E-state index < -0.39 is 7.14 Å². The van der Waals surface area contributed by atoms with Crippen LogP contribution in [0.1, 0.15) is 0 Å². The highest BCUT2D eigenvalue weighted by Crippen LogP contribution is 2.55. The van der Waals surface area contributed by atoms with Crippen LogP contribution in [0.4, 0.5) is 0 Å². The largest absolute Gasteiger partial charge is 0.309 e. The van der Waals surface area contributed by atoms with Gasteiger partial charge in [-0.1, -0.05) is 140 Å². The van der Waals surface area contributed by atoms with E-state index in [-0.39, 0.29) is 0 Å². The number of fused-ring (bicyclic) bond motifs is 7. The van der Waals surface area contributed by atoms with Gasteiger partial charge in [0, 0.05) is 49.1 Å². The van der Waals surface area contributed by atoms with Crippen molar-refractivity contribution in [1.29, 1.82) is 0 Å². The van der Waals surface area contributed by atoms with Crippen molar-refractivity contribution in [2.45, 2.75) is 0 Å². The second-order valence-electron chi connectivity index (χ2n) is 12.9. The Morgan fingerprint density at radius 2 is 1.06 bits per heavy atom. The highest BCUT2D eigenvalue weighted by atomic mass is 31.2. The standard InChI is InChI=1S/C46H30N3OP/c50-51(35-18-8-3-9-19-35)43-23-13-11-20-36(43)37-28-29-42-44(45(37)51)38-21-10-12-22-41(38)49(42)34-26-24-33(25-27-34)46-47-39(31-14-4-1-5-15-31)30-40(48-46)32-16-6-2-7-17-32/h1-30H. The third-order valence-electron chi connectivity index (χ3n) is 10.0. The lowest BCUT2D eigenvalue weighted by Crippen LogP contribution is -2.21. The first kappa shape index (κ1) is 29.6. The van der Waals surface area contributed by atoms with E-state index >= 15 is 4.57 Å². The zero-order chi connectivity index (χ0) is 33.9. The normalized spacial score (nSPS) is 14.8. The molecule has 240 valence electrons. The van der Waals surface area contributed by atoms with Gasteiger partial charge in [-0.15, -0.1) is 0 Å². The minimum absolute atomic E-state index is 0.670. The molecule has 0 N–H and O–H groups in total. The van der Waals surface area contributed by atoms with Gasteiger partial charge in [0.2, 0.25) is 0 Å². The first-order valence-electron chi connectivity index (χ1n) is 17.1. The van der Waals surface area contributed by atoms with Crippen LogP contribution in [0.5, 0.6) is 0 Å². The van der Waals surface area contributed by atoms with Gasteiger partial charge in [-0.3, -0.25) is 0 Å². The summed E-state index contributed by atoms with van der Waals surface area (Å²) < 4.78 is 18.0. The van der Waals surface area contributed by atoms with Gasteiger partial charge in [0.15, 0.2) is 13.0 Å². The molecule has 0 aliphatic carbocycles. The van der Waals surface area contributed by atoms with Gasteiger partial charge in [0.1, 0.15) is 0 Å². The number of para-hydroxylation sites is 1. The molecule has 4 nitrogen and oxygen atoms in total. The van der Waals surface area contributed by atoms with E-state index in [1.165, 1.54) is 0 Å². The topological polar surface area (TPSA) is 47.8 Å². The number of benzene rings is 7. The molecule has 1 atom stereocenters. The second-order valence-corrected chi connectivity index (χ2v) is 15.6. The summed E-state index contributed by atoms with van der Waals surface area (Å²) in [4.78, 5) is 10.1. The molecular weight excluding hydrogens is 642 g/mol. The second kappa shape index (κ2) is 11.6. The fraction of sp³-hybridized carbons (Fsp3) is 0. The molecule has 0 spiro atoms. The molecule has 0 amide bonds. The highest BCUT2D eigenvalue weighted by Gasteiger charge is 2.42. The predicted octanol–water partition coefficient (Wildman–Crippen LogP) is 10.2. The number of rotatable bonds is 5. The lowest BCUT2D eigenvalue weighted by atomic mass is 10.0. The molecule has 3 heterocycles. The van der Waals surface area contributed by atoms with Crippen LogP contribution in [0.25, 0.3) is 72.5 Å². The van der Waals surface area contributed by atoms with Crippen molar-refractivity contribution in [3.8, 4) is 50.7 Å². The van der Waals surface area contributed by atoms with Gasteiger partial charge in [-0.2, -0.15) is 0 Å². The van der Waals surface area contributed by atoms with Crippen LogP contribution >= 0.6 is 7.14 Å². The SMILES string of the molecule is O=P1(c2ccccc2)c2ccccc2-c2ccc3c(c21)c1ccccc1n3-c1ccc(-c2nc(-c3ccccc3)cc(-c3ccccc3)n2)cc1. The molecule has 0 saturated carbocycles. The van der Waals surface area contributed by atoms with E-state index in [2.05, 4.69) is 102 Å². The molecule has 1 aliphatic rings. The molecule has 7 aromatic carbocycles. The predicted molar refractivity (Wildman–Crippen MR) is 211 cm³/mol. The maximum absolute atomic E-state index is 15.7. The molecule has 0 bridgehead atoms. The molecule has 0 radical (unpaired) electrons. The van der Waals surface area contributed by atoms with E-state index in [0.29, 0.717) is 5.82 Å². The Hall–Kier alpha value is -6.35. The summed E-state index contributed by atoms with van der Waals surface area (Å²) in [5.74, 6) is 0.670.